The van der Waals surface area contributed by atoms with Crippen LogP contribution >= 0.6 is 0 Å². The van der Waals surface area contributed by atoms with Gasteiger partial charge >= 0.3 is 12.1 Å². The standard InChI is InChI=1S/C36H34F3N3O5/c1-4-40-32(43)21-25-9-5-6-10-26(25)22-47-33(44)20-23-13-18-31(30(19-23)35(46)42(2)3)41-34(45)29-12-8-7-11-28(29)24-14-16-27(17-15-24)36(37,38)39/h5-19H,4,20-22H2,1-3H3,(H,40,43)(H,41,45). The van der Waals surface area contributed by atoms with Crippen LogP contribution in [0, 0.1) is 0 Å². The lowest BCUT2D eigenvalue weighted by Gasteiger charge is -2.17. The van der Waals surface area contributed by atoms with Gasteiger partial charge in [0.25, 0.3) is 11.8 Å². The third kappa shape index (κ3) is 9.06. The monoisotopic (exact) mass is 645 g/mol. The Morgan fingerprint density at radius 1 is 0.787 bits per heavy atom. The number of hydrogen-bond donors (Lipinski definition) is 2. The summed E-state index contributed by atoms with van der Waals surface area (Å²) in [6, 6.07) is 22.7. The van der Waals surface area contributed by atoms with Gasteiger partial charge in [0.1, 0.15) is 6.61 Å². The highest BCUT2D eigenvalue weighted by Crippen LogP contribution is 2.32. The Labute approximate surface area is 270 Å². The lowest BCUT2D eigenvalue weighted by atomic mass is 9.97. The number of esters is 1. The number of carbonyl (C=O) groups excluding carboxylic acids is 4. The topological polar surface area (TPSA) is 105 Å². The molecule has 0 spiro atoms. The van der Waals surface area contributed by atoms with Gasteiger partial charge in [-0.15, -0.1) is 0 Å². The van der Waals surface area contributed by atoms with Crippen LogP contribution in [0.4, 0.5) is 18.9 Å². The van der Waals surface area contributed by atoms with Crippen LogP contribution in [0.5, 0.6) is 0 Å². The van der Waals surface area contributed by atoms with Crippen molar-refractivity contribution in [2.75, 3.05) is 26.0 Å². The van der Waals surface area contributed by atoms with Gasteiger partial charge in [-0.05, 0) is 65.1 Å². The van der Waals surface area contributed by atoms with Gasteiger partial charge in [0.2, 0.25) is 5.91 Å². The molecule has 8 nitrogen and oxygen atoms in total. The Balaban J connectivity index is 1.51. The van der Waals surface area contributed by atoms with Crippen molar-refractivity contribution in [2.24, 2.45) is 0 Å². The number of likely N-dealkylation sites (N-methyl/N-ethyl adjacent to an activating group) is 1. The van der Waals surface area contributed by atoms with Crippen molar-refractivity contribution in [1.82, 2.24) is 10.2 Å². The van der Waals surface area contributed by atoms with Crippen LogP contribution in [-0.4, -0.2) is 49.2 Å². The number of anilines is 1. The second-order valence-electron chi connectivity index (χ2n) is 10.9. The molecule has 0 radical (unpaired) electrons. The molecule has 0 fully saturated rings. The summed E-state index contributed by atoms with van der Waals surface area (Å²) in [6.45, 7) is 2.30. The summed E-state index contributed by atoms with van der Waals surface area (Å²) in [4.78, 5) is 52.8. The summed E-state index contributed by atoms with van der Waals surface area (Å²) in [5, 5.41) is 5.50. The van der Waals surface area contributed by atoms with Gasteiger partial charge in [0.05, 0.1) is 29.7 Å². The Morgan fingerprint density at radius 2 is 1.45 bits per heavy atom. The fraction of sp³-hybridized carbons (Fsp3) is 0.222. The molecule has 3 amide bonds. The van der Waals surface area contributed by atoms with Crippen LogP contribution in [0.1, 0.15) is 49.9 Å². The molecule has 0 bridgehead atoms. The summed E-state index contributed by atoms with van der Waals surface area (Å²) in [5.74, 6) is -1.69. The number of nitrogens with zero attached hydrogens (tertiary/aromatic N) is 1. The molecule has 0 aliphatic rings. The van der Waals surface area contributed by atoms with Gasteiger partial charge < -0.3 is 20.3 Å². The first-order valence-electron chi connectivity index (χ1n) is 14.8. The summed E-state index contributed by atoms with van der Waals surface area (Å²) >= 11 is 0. The lowest BCUT2D eigenvalue weighted by Crippen LogP contribution is -2.25. The zero-order valence-electron chi connectivity index (χ0n) is 26.1. The van der Waals surface area contributed by atoms with E-state index in [1.54, 1.807) is 62.6 Å². The second-order valence-corrected chi connectivity index (χ2v) is 10.9. The Bertz CT molecular complexity index is 1770. The van der Waals surface area contributed by atoms with E-state index < -0.39 is 29.5 Å². The molecule has 0 aliphatic heterocycles. The highest BCUT2D eigenvalue weighted by molar-refractivity contribution is 6.11. The van der Waals surface area contributed by atoms with Crippen LogP contribution in [-0.2, 0) is 40.0 Å². The molecule has 11 heteroatoms. The molecule has 4 aromatic rings. The fourth-order valence-corrected chi connectivity index (χ4v) is 4.87. The van der Waals surface area contributed by atoms with Crippen LogP contribution in [0.2, 0.25) is 0 Å². The maximum atomic E-state index is 13.5. The zero-order chi connectivity index (χ0) is 34.1. The van der Waals surface area contributed by atoms with Crippen molar-refractivity contribution in [3.05, 3.63) is 124 Å². The van der Waals surface area contributed by atoms with Crippen molar-refractivity contribution in [1.29, 1.82) is 0 Å². The third-order valence-corrected chi connectivity index (χ3v) is 7.24. The molecule has 2 N–H and O–H groups in total. The minimum Gasteiger partial charge on any atom is -0.461 e. The molecule has 4 aromatic carbocycles. The van der Waals surface area contributed by atoms with E-state index in [1.807, 2.05) is 6.92 Å². The fourth-order valence-electron chi connectivity index (χ4n) is 4.87. The number of halogens is 3. The zero-order valence-corrected chi connectivity index (χ0v) is 26.1. The van der Waals surface area contributed by atoms with Gasteiger partial charge in [-0.25, -0.2) is 0 Å². The number of benzene rings is 4. The number of ether oxygens (including phenoxy) is 1. The van der Waals surface area contributed by atoms with Crippen LogP contribution < -0.4 is 10.6 Å². The Morgan fingerprint density at radius 3 is 2.11 bits per heavy atom. The van der Waals surface area contributed by atoms with Crippen molar-refractivity contribution in [3.63, 3.8) is 0 Å². The highest BCUT2D eigenvalue weighted by Gasteiger charge is 2.30. The lowest BCUT2D eigenvalue weighted by molar-refractivity contribution is -0.144. The van der Waals surface area contributed by atoms with Crippen molar-refractivity contribution in [2.45, 2.75) is 32.5 Å². The van der Waals surface area contributed by atoms with Crippen molar-refractivity contribution < 1.29 is 37.1 Å². The molecular weight excluding hydrogens is 611 g/mol. The van der Waals surface area contributed by atoms with Crippen molar-refractivity contribution >= 4 is 29.4 Å². The molecule has 0 aliphatic carbocycles. The molecule has 47 heavy (non-hydrogen) atoms. The number of nitrogens with one attached hydrogen (secondary N) is 2. The van der Waals surface area contributed by atoms with Crippen LogP contribution in [0.3, 0.4) is 0 Å². The van der Waals surface area contributed by atoms with Gasteiger partial charge in [0, 0.05) is 26.2 Å². The quantitative estimate of drug-likeness (QED) is 0.187. The van der Waals surface area contributed by atoms with Crippen molar-refractivity contribution in [3.8, 4) is 11.1 Å². The van der Waals surface area contributed by atoms with E-state index in [2.05, 4.69) is 10.6 Å². The van der Waals surface area contributed by atoms with Gasteiger partial charge in [0.15, 0.2) is 0 Å². The van der Waals surface area contributed by atoms with Gasteiger partial charge in [-0.1, -0.05) is 60.7 Å². The average Bonchev–Trinajstić information content (AvgIpc) is 3.04. The van der Waals surface area contributed by atoms with E-state index in [0.29, 0.717) is 28.8 Å². The predicted octanol–water partition coefficient (Wildman–Crippen LogP) is 6.29. The average molecular weight is 646 g/mol. The summed E-state index contributed by atoms with van der Waals surface area (Å²) < 4.78 is 44.7. The SMILES string of the molecule is CCNC(=O)Cc1ccccc1COC(=O)Cc1ccc(NC(=O)c2ccccc2-c2ccc(C(F)(F)F)cc2)c(C(=O)N(C)C)c1. The molecule has 0 aromatic heterocycles. The first-order chi connectivity index (χ1) is 22.4. The molecule has 0 atom stereocenters. The second kappa shape index (κ2) is 15.2. The smallest absolute Gasteiger partial charge is 0.416 e. The molecule has 0 saturated carbocycles. The van der Waals surface area contributed by atoms with Gasteiger partial charge in [-0.2, -0.15) is 13.2 Å². The minimum atomic E-state index is -4.49. The first kappa shape index (κ1) is 34.4. The van der Waals surface area contributed by atoms with E-state index in [4.69, 9.17) is 4.74 Å². The normalized spacial score (nSPS) is 11.0. The van der Waals surface area contributed by atoms with Gasteiger partial charge in [-0.3, -0.25) is 19.2 Å². The number of alkyl halides is 3. The molecule has 0 unspecified atom stereocenters. The van der Waals surface area contributed by atoms with E-state index in [-0.39, 0.29) is 42.2 Å². The Kier molecular flexibility index (Phi) is 11.1. The maximum absolute atomic E-state index is 13.5. The van der Waals surface area contributed by atoms with E-state index in [1.165, 1.54) is 35.2 Å². The molecule has 0 heterocycles. The highest BCUT2D eigenvalue weighted by atomic mass is 19.4. The molecule has 0 saturated heterocycles. The first-order valence-corrected chi connectivity index (χ1v) is 14.8. The Hall–Kier alpha value is -5.45. The number of amides is 3. The number of carbonyl (C=O) groups is 4. The summed E-state index contributed by atoms with van der Waals surface area (Å²) in [6.07, 6.45) is -4.50. The summed E-state index contributed by atoms with van der Waals surface area (Å²) in [5.41, 5.74) is 2.44. The summed E-state index contributed by atoms with van der Waals surface area (Å²) in [7, 11) is 3.10. The molecule has 4 rings (SSSR count). The minimum absolute atomic E-state index is 0.0373. The predicted molar refractivity (Wildman–Crippen MR) is 172 cm³/mol. The number of rotatable bonds is 11. The van der Waals surface area contributed by atoms with E-state index >= 15 is 0 Å². The van der Waals surface area contributed by atoms with Crippen LogP contribution in [0.15, 0.2) is 91.0 Å². The third-order valence-electron chi connectivity index (χ3n) is 7.24. The largest absolute Gasteiger partial charge is 0.461 e. The van der Waals surface area contributed by atoms with Crippen LogP contribution in [0.25, 0.3) is 11.1 Å². The number of hydrogen-bond acceptors (Lipinski definition) is 5. The van der Waals surface area contributed by atoms with E-state index in [9.17, 15) is 32.3 Å². The van der Waals surface area contributed by atoms with E-state index in [0.717, 1.165) is 17.7 Å². The molecular formula is C36H34F3N3O5. The molecule has 244 valence electrons. The maximum Gasteiger partial charge on any atom is 0.416 e.